The van der Waals surface area contributed by atoms with Crippen molar-refractivity contribution in [2.75, 3.05) is 7.05 Å². The van der Waals surface area contributed by atoms with Gasteiger partial charge in [-0.3, -0.25) is 4.68 Å². The maximum Gasteiger partial charge on any atom is 0.425 e. The molecule has 5 nitrogen and oxygen atoms in total. The SMILES string of the molecule is CNC(=O)OC(CC(c1ccccc1)n1cc2ccccc2n1)C(F)(F)F. The van der Waals surface area contributed by atoms with Gasteiger partial charge in [0, 0.05) is 25.1 Å². The first-order valence-electron chi connectivity index (χ1n) is 8.32. The lowest BCUT2D eigenvalue weighted by Gasteiger charge is -2.26. The summed E-state index contributed by atoms with van der Waals surface area (Å²) in [5.74, 6) is 0. The average molecular weight is 377 g/mol. The molecule has 1 amide bonds. The molecule has 0 saturated heterocycles. The second-order valence-electron chi connectivity index (χ2n) is 6.02. The number of hydrogen-bond acceptors (Lipinski definition) is 3. The van der Waals surface area contributed by atoms with Gasteiger partial charge >= 0.3 is 12.3 Å². The maximum absolute atomic E-state index is 13.5. The predicted molar refractivity (Wildman–Crippen MR) is 94.3 cm³/mol. The van der Waals surface area contributed by atoms with Crippen molar-refractivity contribution in [1.29, 1.82) is 0 Å². The fourth-order valence-electron chi connectivity index (χ4n) is 2.85. The number of benzene rings is 2. The molecule has 27 heavy (non-hydrogen) atoms. The number of halogens is 3. The molecule has 3 rings (SSSR count). The van der Waals surface area contributed by atoms with E-state index in [-0.39, 0.29) is 0 Å². The summed E-state index contributed by atoms with van der Waals surface area (Å²) in [7, 11) is 1.21. The number of amides is 1. The number of carbonyl (C=O) groups excluding carboxylic acids is 1. The maximum atomic E-state index is 13.5. The molecule has 0 aliphatic heterocycles. The van der Waals surface area contributed by atoms with Gasteiger partial charge in [0.05, 0.1) is 11.6 Å². The fourth-order valence-corrected chi connectivity index (χ4v) is 2.85. The monoisotopic (exact) mass is 377 g/mol. The summed E-state index contributed by atoms with van der Waals surface area (Å²) in [5.41, 5.74) is 1.31. The van der Waals surface area contributed by atoms with Crippen molar-refractivity contribution in [3.05, 3.63) is 66.4 Å². The molecule has 1 aromatic heterocycles. The van der Waals surface area contributed by atoms with Crippen molar-refractivity contribution in [2.45, 2.75) is 24.7 Å². The highest BCUT2D eigenvalue weighted by Gasteiger charge is 2.44. The van der Waals surface area contributed by atoms with E-state index in [1.165, 1.54) is 11.7 Å². The molecular weight excluding hydrogens is 359 g/mol. The van der Waals surface area contributed by atoms with E-state index in [2.05, 4.69) is 15.2 Å². The van der Waals surface area contributed by atoms with Crippen molar-refractivity contribution in [3.8, 4) is 0 Å². The molecule has 0 fully saturated rings. The quantitative estimate of drug-likeness (QED) is 0.721. The standard InChI is InChI=1S/C19H18F3N3O2/c1-23-18(26)27-17(19(20,21)22)11-16(13-7-3-2-4-8-13)25-12-14-9-5-6-10-15(14)24-25/h2-10,12,16-17H,11H2,1H3,(H,23,26). The molecule has 8 heteroatoms. The van der Waals surface area contributed by atoms with Crippen molar-refractivity contribution in [2.24, 2.45) is 0 Å². The molecule has 0 saturated carbocycles. The first-order valence-corrected chi connectivity index (χ1v) is 8.32. The lowest BCUT2D eigenvalue weighted by molar-refractivity contribution is -0.206. The van der Waals surface area contributed by atoms with Crippen LogP contribution in [0, 0.1) is 0 Å². The normalized spacial score (nSPS) is 13.9. The second-order valence-corrected chi connectivity index (χ2v) is 6.02. The van der Waals surface area contributed by atoms with Gasteiger partial charge in [-0.05, 0) is 11.6 Å². The Morgan fingerprint density at radius 2 is 1.81 bits per heavy atom. The highest BCUT2D eigenvalue weighted by atomic mass is 19.4. The molecular formula is C19H18F3N3O2. The zero-order valence-corrected chi connectivity index (χ0v) is 14.5. The summed E-state index contributed by atoms with van der Waals surface area (Å²) < 4.78 is 46.5. The van der Waals surface area contributed by atoms with Crippen molar-refractivity contribution < 1.29 is 22.7 Å². The van der Waals surface area contributed by atoms with Crippen LogP contribution in [-0.4, -0.2) is 35.2 Å². The number of aromatic nitrogens is 2. The topological polar surface area (TPSA) is 56.1 Å². The highest BCUT2D eigenvalue weighted by molar-refractivity contribution is 5.77. The van der Waals surface area contributed by atoms with Crippen LogP contribution in [0.25, 0.3) is 10.9 Å². The Morgan fingerprint density at radius 1 is 1.15 bits per heavy atom. The minimum atomic E-state index is -4.70. The molecule has 2 unspecified atom stereocenters. The van der Waals surface area contributed by atoms with E-state index in [0.717, 1.165) is 5.39 Å². The van der Waals surface area contributed by atoms with E-state index in [9.17, 15) is 18.0 Å². The number of hydrogen-bond donors (Lipinski definition) is 1. The van der Waals surface area contributed by atoms with Crippen LogP contribution in [0.4, 0.5) is 18.0 Å². The fraction of sp³-hybridized carbons (Fsp3) is 0.263. The smallest absolute Gasteiger partial charge is 0.425 e. The molecule has 0 radical (unpaired) electrons. The summed E-state index contributed by atoms with van der Waals surface area (Å²) in [6.45, 7) is 0. The largest absolute Gasteiger partial charge is 0.436 e. The number of alkyl carbamates (subject to hydrolysis) is 1. The van der Waals surface area contributed by atoms with Crippen LogP contribution in [0.5, 0.6) is 0 Å². The first-order chi connectivity index (χ1) is 12.9. The predicted octanol–water partition coefficient (Wildman–Crippen LogP) is 4.30. The van der Waals surface area contributed by atoms with Crippen molar-refractivity contribution >= 4 is 17.0 Å². The van der Waals surface area contributed by atoms with Crippen LogP contribution < -0.4 is 5.32 Å². The van der Waals surface area contributed by atoms with E-state index in [0.29, 0.717) is 11.1 Å². The molecule has 3 aromatic rings. The summed E-state index contributed by atoms with van der Waals surface area (Å²) in [6, 6.07) is 15.2. The summed E-state index contributed by atoms with van der Waals surface area (Å²) in [5, 5.41) is 7.29. The molecule has 1 heterocycles. The average Bonchev–Trinajstić information content (AvgIpc) is 3.08. The van der Waals surface area contributed by atoms with E-state index < -0.39 is 30.8 Å². The molecule has 0 aliphatic rings. The van der Waals surface area contributed by atoms with Crippen LogP contribution in [0.1, 0.15) is 18.0 Å². The van der Waals surface area contributed by atoms with Gasteiger partial charge in [-0.1, -0.05) is 48.5 Å². The number of nitrogens with zero attached hydrogens (tertiary/aromatic N) is 2. The van der Waals surface area contributed by atoms with E-state index >= 15 is 0 Å². The summed E-state index contributed by atoms with van der Waals surface area (Å²) in [4.78, 5) is 11.4. The Labute approximate surface area is 153 Å². The Balaban J connectivity index is 2.00. The van der Waals surface area contributed by atoms with E-state index in [1.54, 1.807) is 42.6 Å². The first kappa shape index (κ1) is 18.8. The van der Waals surface area contributed by atoms with Crippen LogP contribution in [0.2, 0.25) is 0 Å². The molecule has 2 atom stereocenters. The lowest BCUT2D eigenvalue weighted by atomic mass is 10.0. The van der Waals surface area contributed by atoms with Crippen LogP contribution in [0.15, 0.2) is 60.8 Å². The van der Waals surface area contributed by atoms with Gasteiger partial charge in [-0.25, -0.2) is 4.79 Å². The van der Waals surface area contributed by atoms with Crippen LogP contribution >= 0.6 is 0 Å². The number of fused-ring (bicyclic) bond motifs is 1. The minimum absolute atomic E-state index is 0.491. The van der Waals surface area contributed by atoms with Gasteiger partial charge in [-0.15, -0.1) is 0 Å². The third-order valence-corrected chi connectivity index (χ3v) is 4.19. The Bertz CT molecular complexity index is 876. The number of alkyl halides is 3. The van der Waals surface area contributed by atoms with Gasteiger partial charge in [0.2, 0.25) is 6.10 Å². The van der Waals surface area contributed by atoms with Gasteiger partial charge in [0.15, 0.2) is 0 Å². The number of nitrogens with one attached hydrogen (secondary N) is 1. The number of carbonyl (C=O) groups is 1. The van der Waals surface area contributed by atoms with Crippen molar-refractivity contribution in [3.63, 3.8) is 0 Å². The third-order valence-electron chi connectivity index (χ3n) is 4.19. The second kappa shape index (κ2) is 7.69. The van der Waals surface area contributed by atoms with Crippen LogP contribution in [0.3, 0.4) is 0 Å². The van der Waals surface area contributed by atoms with E-state index in [4.69, 9.17) is 0 Å². The zero-order valence-electron chi connectivity index (χ0n) is 14.5. The Morgan fingerprint density at radius 3 is 2.44 bits per heavy atom. The third kappa shape index (κ3) is 4.39. The van der Waals surface area contributed by atoms with Crippen LogP contribution in [-0.2, 0) is 4.74 Å². The number of rotatable bonds is 5. The molecule has 0 spiro atoms. The molecule has 2 aromatic carbocycles. The van der Waals surface area contributed by atoms with Gasteiger partial charge in [0.1, 0.15) is 0 Å². The summed E-state index contributed by atoms with van der Waals surface area (Å²) >= 11 is 0. The number of ether oxygens (including phenoxy) is 1. The zero-order chi connectivity index (χ0) is 19.4. The Hall–Kier alpha value is -3.03. The Kier molecular flexibility index (Phi) is 5.34. The minimum Gasteiger partial charge on any atom is -0.436 e. The van der Waals surface area contributed by atoms with Gasteiger partial charge < -0.3 is 10.1 Å². The van der Waals surface area contributed by atoms with Gasteiger partial charge in [-0.2, -0.15) is 18.3 Å². The lowest BCUT2D eigenvalue weighted by Crippen LogP contribution is -2.38. The molecule has 0 bridgehead atoms. The van der Waals surface area contributed by atoms with E-state index in [1.807, 2.05) is 18.2 Å². The molecule has 142 valence electrons. The van der Waals surface area contributed by atoms with Gasteiger partial charge in [0.25, 0.3) is 0 Å². The summed E-state index contributed by atoms with van der Waals surface area (Å²) in [6.07, 6.45) is -6.90. The molecule has 0 aliphatic carbocycles. The van der Waals surface area contributed by atoms with Crippen molar-refractivity contribution in [1.82, 2.24) is 15.1 Å². The highest BCUT2D eigenvalue weighted by Crippen LogP contribution is 2.33. The molecule has 1 N–H and O–H groups in total.